The van der Waals surface area contributed by atoms with Crippen molar-refractivity contribution in [3.63, 3.8) is 0 Å². The lowest BCUT2D eigenvalue weighted by molar-refractivity contribution is 0.660. The van der Waals surface area contributed by atoms with E-state index in [1.807, 2.05) is 0 Å². The van der Waals surface area contributed by atoms with E-state index in [0.717, 1.165) is 34.0 Å². The van der Waals surface area contributed by atoms with Gasteiger partial charge in [0.1, 0.15) is 0 Å². The summed E-state index contributed by atoms with van der Waals surface area (Å²) >= 11 is 0. The van der Waals surface area contributed by atoms with Gasteiger partial charge in [-0.05, 0) is 146 Å². The molecule has 0 amide bonds. The van der Waals surface area contributed by atoms with Gasteiger partial charge in [0.25, 0.3) is 0 Å². The summed E-state index contributed by atoms with van der Waals surface area (Å²) in [5.41, 5.74) is 23.8. The molecule has 2 aliphatic carbocycles. The second kappa shape index (κ2) is 16.5. The molecule has 354 valence electrons. The highest BCUT2D eigenvalue weighted by Crippen LogP contribution is 2.58. The van der Waals surface area contributed by atoms with Gasteiger partial charge in [0.05, 0.1) is 22.0 Å². The smallest absolute Gasteiger partial charge is 0.0788 e. The molecule has 0 N–H and O–H groups in total. The molecule has 0 spiro atoms. The van der Waals surface area contributed by atoms with Crippen LogP contribution in [-0.4, -0.2) is 9.13 Å². The molecule has 75 heavy (non-hydrogen) atoms. The number of fused-ring (bicyclic) bond motifs is 11. The Balaban J connectivity index is 0.911. The highest BCUT2D eigenvalue weighted by atomic mass is 15.1. The molecule has 3 heteroatoms. The van der Waals surface area contributed by atoms with Crippen LogP contribution in [0, 0.1) is 0 Å². The van der Waals surface area contributed by atoms with E-state index in [0.29, 0.717) is 0 Å². The van der Waals surface area contributed by atoms with Crippen LogP contribution in [0.15, 0.2) is 273 Å². The summed E-state index contributed by atoms with van der Waals surface area (Å²) in [6, 6.07) is 99.1. The van der Waals surface area contributed by atoms with Crippen LogP contribution < -0.4 is 4.90 Å². The summed E-state index contributed by atoms with van der Waals surface area (Å²) < 4.78 is 4.79. The molecule has 0 bridgehead atoms. The molecule has 0 radical (unpaired) electrons. The SMILES string of the molecule is CC1(C)c2ccccc2-c2ccc(N(c3ccc(-c4ccc5c(c4)c4ccc6ccn(-c7ccccc7)c6c4n5-c4ccccc4)cc3)c3ccc4c(c3)C(c3ccccc3)(c3ccccc3)c3ccccc3-4)cc21. The fourth-order valence-electron chi connectivity index (χ4n) is 13.2. The van der Waals surface area contributed by atoms with Gasteiger partial charge < -0.3 is 14.0 Å². The van der Waals surface area contributed by atoms with Crippen molar-refractivity contribution in [1.82, 2.24) is 9.13 Å². The van der Waals surface area contributed by atoms with E-state index in [4.69, 9.17) is 0 Å². The predicted molar refractivity (Wildman–Crippen MR) is 313 cm³/mol. The minimum Gasteiger partial charge on any atom is -0.315 e. The van der Waals surface area contributed by atoms with Gasteiger partial charge in [-0.3, -0.25) is 0 Å². The molecule has 0 atom stereocenters. The van der Waals surface area contributed by atoms with Crippen LogP contribution >= 0.6 is 0 Å². The van der Waals surface area contributed by atoms with E-state index < -0.39 is 5.41 Å². The minimum absolute atomic E-state index is 0.161. The van der Waals surface area contributed by atoms with E-state index in [1.54, 1.807) is 0 Å². The van der Waals surface area contributed by atoms with Crippen LogP contribution in [0.5, 0.6) is 0 Å². The van der Waals surface area contributed by atoms with Crippen molar-refractivity contribution in [1.29, 1.82) is 0 Å². The van der Waals surface area contributed by atoms with E-state index in [9.17, 15) is 0 Å². The van der Waals surface area contributed by atoms with Crippen LogP contribution in [0.4, 0.5) is 17.1 Å². The Kier molecular flexibility index (Phi) is 9.52. The molecule has 2 aromatic heterocycles. The van der Waals surface area contributed by atoms with Crippen molar-refractivity contribution in [2.75, 3.05) is 4.90 Å². The number of para-hydroxylation sites is 2. The average molecular weight is 958 g/mol. The van der Waals surface area contributed by atoms with Crippen LogP contribution in [0.25, 0.3) is 77.5 Å². The maximum Gasteiger partial charge on any atom is 0.0788 e. The summed E-state index contributed by atoms with van der Waals surface area (Å²) in [5, 5.41) is 3.66. The van der Waals surface area contributed by atoms with Gasteiger partial charge in [-0.2, -0.15) is 0 Å². The van der Waals surface area contributed by atoms with Crippen molar-refractivity contribution >= 4 is 49.8 Å². The Labute approximate surface area is 437 Å². The monoisotopic (exact) mass is 957 g/mol. The number of nitrogens with zero attached hydrogens (tertiary/aromatic N) is 3. The fraction of sp³-hybridized carbons (Fsp3) is 0.0556. The zero-order valence-corrected chi connectivity index (χ0v) is 41.8. The molecule has 2 aliphatic rings. The maximum absolute atomic E-state index is 2.48. The van der Waals surface area contributed by atoms with Crippen molar-refractivity contribution < 1.29 is 0 Å². The highest BCUT2D eigenvalue weighted by Gasteiger charge is 2.46. The molecule has 11 aromatic carbocycles. The molecule has 0 saturated heterocycles. The predicted octanol–water partition coefficient (Wildman–Crippen LogP) is 18.5. The van der Waals surface area contributed by atoms with E-state index in [2.05, 4.69) is 301 Å². The Morgan fingerprint density at radius 1 is 0.347 bits per heavy atom. The lowest BCUT2D eigenvalue weighted by Crippen LogP contribution is -2.28. The van der Waals surface area contributed by atoms with Crippen molar-refractivity contribution in [2.45, 2.75) is 24.7 Å². The third kappa shape index (κ3) is 6.34. The standard InChI is InChI=1S/C72H51N3/c1-71(2)64-29-17-15-27-58(64)60-40-37-56(46-66(60)71)74(57-38-41-61-59-28-16-18-30-65(59)72(67(61)47-57,51-19-7-3-8-20-51)52-21-9-4-10-22-52)55-35-31-48(32-36-55)50-34-42-68-63(45-50)62-39-33-49-43-44-73(53-23-11-5-12-24-53)69(49)70(62)75(68)54-25-13-6-14-26-54/h3-47H,1-2H3. The van der Waals surface area contributed by atoms with Crippen LogP contribution in [0.3, 0.4) is 0 Å². The first kappa shape index (κ1) is 43.2. The Hall–Kier alpha value is -9.44. The number of hydrogen-bond acceptors (Lipinski definition) is 1. The number of anilines is 3. The summed E-state index contributed by atoms with van der Waals surface area (Å²) in [4.78, 5) is 2.48. The van der Waals surface area contributed by atoms with Crippen LogP contribution in [0.1, 0.15) is 47.2 Å². The Morgan fingerprint density at radius 2 is 0.867 bits per heavy atom. The lowest BCUT2D eigenvalue weighted by atomic mass is 9.67. The van der Waals surface area contributed by atoms with Crippen molar-refractivity contribution in [2.24, 2.45) is 0 Å². The van der Waals surface area contributed by atoms with Gasteiger partial charge in [0, 0.05) is 56.2 Å². The molecule has 0 unspecified atom stereocenters. The third-order valence-electron chi connectivity index (χ3n) is 16.6. The number of benzene rings is 11. The second-order valence-electron chi connectivity index (χ2n) is 20.9. The van der Waals surface area contributed by atoms with E-state index in [1.165, 1.54) is 93.9 Å². The summed E-state index contributed by atoms with van der Waals surface area (Å²) in [6.45, 7) is 4.75. The number of hydrogen-bond donors (Lipinski definition) is 0. The first-order valence-corrected chi connectivity index (χ1v) is 26.2. The van der Waals surface area contributed by atoms with Gasteiger partial charge in [-0.25, -0.2) is 0 Å². The van der Waals surface area contributed by atoms with Crippen molar-refractivity contribution in [3.8, 4) is 44.8 Å². The van der Waals surface area contributed by atoms with Gasteiger partial charge in [0.2, 0.25) is 0 Å². The topological polar surface area (TPSA) is 13.1 Å². The molecule has 0 aliphatic heterocycles. The molecular formula is C72H51N3. The summed E-state index contributed by atoms with van der Waals surface area (Å²) in [7, 11) is 0. The zero-order chi connectivity index (χ0) is 49.8. The maximum atomic E-state index is 2.48. The van der Waals surface area contributed by atoms with Crippen LogP contribution in [0.2, 0.25) is 0 Å². The van der Waals surface area contributed by atoms with E-state index in [-0.39, 0.29) is 5.41 Å². The normalized spacial score (nSPS) is 13.7. The molecule has 3 nitrogen and oxygen atoms in total. The fourth-order valence-corrected chi connectivity index (χ4v) is 13.2. The zero-order valence-electron chi connectivity index (χ0n) is 41.8. The Morgan fingerprint density at radius 3 is 1.53 bits per heavy atom. The molecule has 15 rings (SSSR count). The average Bonchev–Trinajstić information content (AvgIpc) is 4.27. The second-order valence-corrected chi connectivity index (χ2v) is 20.9. The summed E-state index contributed by atoms with van der Waals surface area (Å²) in [5.74, 6) is 0. The highest BCUT2D eigenvalue weighted by molar-refractivity contribution is 6.19. The minimum atomic E-state index is -0.528. The number of rotatable bonds is 8. The van der Waals surface area contributed by atoms with Crippen molar-refractivity contribution in [3.05, 3.63) is 306 Å². The van der Waals surface area contributed by atoms with Gasteiger partial charge in [-0.15, -0.1) is 0 Å². The van der Waals surface area contributed by atoms with Crippen LogP contribution in [-0.2, 0) is 10.8 Å². The first-order valence-electron chi connectivity index (χ1n) is 26.2. The van der Waals surface area contributed by atoms with Gasteiger partial charge >= 0.3 is 0 Å². The molecule has 2 heterocycles. The van der Waals surface area contributed by atoms with Gasteiger partial charge in [0.15, 0.2) is 0 Å². The lowest BCUT2D eigenvalue weighted by Gasteiger charge is -2.35. The molecule has 0 saturated carbocycles. The van der Waals surface area contributed by atoms with Gasteiger partial charge in [-0.1, -0.05) is 202 Å². The van der Waals surface area contributed by atoms with E-state index >= 15 is 0 Å². The number of aromatic nitrogens is 2. The first-order chi connectivity index (χ1) is 37.0. The molecule has 0 fully saturated rings. The largest absolute Gasteiger partial charge is 0.315 e. The quantitative estimate of drug-likeness (QED) is 0.148. The Bertz CT molecular complexity index is 4310. The molecular weight excluding hydrogens is 907 g/mol. The third-order valence-corrected chi connectivity index (χ3v) is 16.6. The summed E-state index contributed by atoms with van der Waals surface area (Å²) in [6.07, 6.45) is 2.20. The molecule has 13 aromatic rings.